The van der Waals surface area contributed by atoms with E-state index in [1.165, 1.54) is 20.0 Å². The third-order valence-corrected chi connectivity index (χ3v) is 2.50. The van der Waals surface area contributed by atoms with Crippen molar-refractivity contribution in [3.63, 3.8) is 0 Å². The minimum absolute atomic E-state index is 0.277. The summed E-state index contributed by atoms with van der Waals surface area (Å²) in [4.78, 5) is 15.5. The van der Waals surface area contributed by atoms with E-state index in [1.807, 2.05) is 6.08 Å². The number of hydrogen-bond donors (Lipinski definition) is 1. The second kappa shape index (κ2) is 4.35. The standard InChI is InChI=1S/C12H14N2O2/c1-16-12(15)11-9(5-4-8-2-3-8)6-7-10(13)14-11/h4-8H,2-3H2,1H3,(H2,13,14)/b5-4+. The van der Waals surface area contributed by atoms with Gasteiger partial charge in [-0.15, -0.1) is 0 Å². The van der Waals surface area contributed by atoms with Crippen LogP contribution in [0.2, 0.25) is 0 Å². The molecule has 1 aromatic rings. The van der Waals surface area contributed by atoms with E-state index >= 15 is 0 Å². The molecule has 84 valence electrons. The number of rotatable bonds is 3. The number of ether oxygens (including phenoxy) is 1. The molecule has 0 aromatic carbocycles. The third-order valence-electron chi connectivity index (χ3n) is 2.50. The van der Waals surface area contributed by atoms with Crippen LogP contribution >= 0.6 is 0 Å². The van der Waals surface area contributed by atoms with Crippen molar-refractivity contribution in [1.29, 1.82) is 0 Å². The summed E-state index contributed by atoms with van der Waals surface area (Å²) >= 11 is 0. The van der Waals surface area contributed by atoms with Gasteiger partial charge in [0.25, 0.3) is 0 Å². The van der Waals surface area contributed by atoms with Gasteiger partial charge >= 0.3 is 5.97 Å². The Balaban J connectivity index is 2.30. The normalized spacial score (nSPS) is 15.3. The Morgan fingerprint density at radius 1 is 1.56 bits per heavy atom. The van der Waals surface area contributed by atoms with Crippen molar-refractivity contribution in [1.82, 2.24) is 4.98 Å². The lowest BCUT2D eigenvalue weighted by Gasteiger charge is -2.03. The number of nitrogen functional groups attached to an aromatic ring is 1. The summed E-state index contributed by atoms with van der Waals surface area (Å²) in [6, 6.07) is 3.46. The van der Waals surface area contributed by atoms with Gasteiger partial charge in [-0.25, -0.2) is 9.78 Å². The first kappa shape index (κ1) is 10.7. The number of hydrogen-bond acceptors (Lipinski definition) is 4. The topological polar surface area (TPSA) is 65.2 Å². The van der Waals surface area contributed by atoms with E-state index in [-0.39, 0.29) is 5.69 Å². The number of carbonyl (C=O) groups excluding carboxylic acids is 1. The summed E-state index contributed by atoms with van der Waals surface area (Å²) in [5, 5.41) is 0. The Labute approximate surface area is 94.1 Å². The molecule has 16 heavy (non-hydrogen) atoms. The lowest BCUT2D eigenvalue weighted by atomic mass is 10.1. The van der Waals surface area contributed by atoms with Gasteiger partial charge in [-0.05, 0) is 30.9 Å². The van der Waals surface area contributed by atoms with E-state index in [0.717, 1.165) is 5.56 Å². The molecule has 2 N–H and O–H groups in total. The molecule has 0 spiro atoms. The van der Waals surface area contributed by atoms with Gasteiger partial charge < -0.3 is 10.5 Å². The highest BCUT2D eigenvalue weighted by molar-refractivity contribution is 5.91. The largest absolute Gasteiger partial charge is 0.464 e. The molecule has 1 aliphatic carbocycles. The molecule has 4 nitrogen and oxygen atoms in total. The maximum atomic E-state index is 11.5. The number of pyridine rings is 1. The Morgan fingerprint density at radius 2 is 2.31 bits per heavy atom. The van der Waals surface area contributed by atoms with Crippen LogP contribution in [0.1, 0.15) is 28.9 Å². The second-order valence-corrected chi connectivity index (χ2v) is 3.86. The van der Waals surface area contributed by atoms with Crippen LogP contribution < -0.4 is 5.73 Å². The Bertz CT molecular complexity index is 437. The molecule has 1 saturated carbocycles. The zero-order valence-corrected chi connectivity index (χ0v) is 9.14. The van der Waals surface area contributed by atoms with Crippen LogP contribution in [0, 0.1) is 5.92 Å². The smallest absolute Gasteiger partial charge is 0.357 e. The molecule has 0 atom stereocenters. The summed E-state index contributed by atoms with van der Waals surface area (Å²) in [7, 11) is 1.33. The highest BCUT2D eigenvalue weighted by Crippen LogP contribution is 2.31. The van der Waals surface area contributed by atoms with Gasteiger partial charge in [-0.1, -0.05) is 12.2 Å². The van der Waals surface area contributed by atoms with Gasteiger partial charge in [0.05, 0.1) is 7.11 Å². The molecule has 4 heteroatoms. The maximum Gasteiger partial charge on any atom is 0.357 e. The molecular formula is C12H14N2O2. The molecule has 0 unspecified atom stereocenters. The Morgan fingerprint density at radius 3 is 2.94 bits per heavy atom. The van der Waals surface area contributed by atoms with E-state index < -0.39 is 5.97 Å². The van der Waals surface area contributed by atoms with Crippen molar-refractivity contribution in [3.05, 3.63) is 29.5 Å². The number of allylic oxidation sites excluding steroid dienone is 1. The lowest BCUT2D eigenvalue weighted by Crippen LogP contribution is -2.08. The molecule has 0 radical (unpaired) electrons. The number of methoxy groups -OCH3 is 1. The fourth-order valence-corrected chi connectivity index (χ4v) is 1.41. The van der Waals surface area contributed by atoms with Gasteiger partial charge in [0, 0.05) is 5.56 Å². The van der Waals surface area contributed by atoms with E-state index in [2.05, 4.69) is 15.8 Å². The average molecular weight is 218 g/mol. The Kier molecular flexibility index (Phi) is 2.90. The second-order valence-electron chi connectivity index (χ2n) is 3.86. The maximum absolute atomic E-state index is 11.5. The van der Waals surface area contributed by atoms with Crippen molar-refractivity contribution in [2.45, 2.75) is 12.8 Å². The van der Waals surface area contributed by atoms with Crippen molar-refractivity contribution in [2.24, 2.45) is 5.92 Å². The van der Waals surface area contributed by atoms with Crippen LogP contribution in [0.5, 0.6) is 0 Å². The van der Waals surface area contributed by atoms with Gasteiger partial charge in [0.1, 0.15) is 5.82 Å². The summed E-state index contributed by atoms with van der Waals surface area (Å²) < 4.78 is 4.66. The molecular weight excluding hydrogens is 204 g/mol. The first-order valence-corrected chi connectivity index (χ1v) is 5.23. The van der Waals surface area contributed by atoms with E-state index in [9.17, 15) is 4.79 Å². The van der Waals surface area contributed by atoms with Crippen molar-refractivity contribution in [3.8, 4) is 0 Å². The zero-order chi connectivity index (χ0) is 11.5. The van der Waals surface area contributed by atoms with Gasteiger partial charge in [-0.3, -0.25) is 0 Å². The van der Waals surface area contributed by atoms with Crippen molar-refractivity contribution >= 4 is 17.9 Å². The predicted octanol–water partition coefficient (Wildman–Crippen LogP) is 1.87. The van der Waals surface area contributed by atoms with Crippen molar-refractivity contribution in [2.75, 3.05) is 12.8 Å². The number of aromatic nitrogens is 1. The van der Waals surface area contributed by atoms with Crippen molar-refractivity contribution < 1.29 is 9.53 Å². The highest BCUT2D eigenvalue weighted by atomic mass is 16.5. The molecule has 1 aromatic heterocycles. The average Bonchev–Trinajstić information content (AvgIpc) is 3.10. The molecule has 2 rings (SSSR count). The number of anilines is 1. The zero-order valence-electron chi connectivity index (χ0n) is 9.14. The lowest BCUT2D eigenvalue weighted by molar-refractivity contribution is 0.0594. The molecule has 0 bridgehead atoms. The molecule has 1 fully saturated rings. The minimum Gasteiger partial charge on any atom is -0.464 e. The van der Waals surface area contributed by atoms with Crippen LogP contribution in [-0.2, 0) is 4.74 Å². The number of esters is 1. The summed E-state index contributed by atoms with van der Waals surface area (Å²) in [6.45, 7) is 0. The molecule has 1 aliphatic rings. The quantitative estimate of drug-likeness (QED) is 0.786. The number of nitrogens with zero attached hydrogens (tertiary/aromatic N) is 1. The fourth-order valence-electron chi connectivity index (χ4n) is 1.41. The monoisotopic (exact) mass is 218 g/mol. The fraction of sp³-hybridized carbons (Fsp3) is 0.333. The van der Waals surface area contributed by atoms with E-state index in [4.69, 9.17) is 5.73 Å². The molecule has 0 amide bonds. The van der Waals surface area contributed by atoms with E-state index in [0.29, 0.717) is 11.7 Å². The highest BCUT2D eigenvalue weighted by Gasteiger charge is 2.18. The summed E-state index contributed by atoms with van der Waals surface area (Å²) in [5.41, 5.74) is 6.58. The van der Waals surface area contributed by atoms with Gasteiger partial charge in [0.2, 0.25) is 0 Å². The first-order chi connectivity index (χ1) is 7.70. The minimum atomic E-state index is -0.456. The van der Waals surface area contributed by atoms with Crippen LogP contribution in [-0.4, -0.2) is 18.1 Å². The summed E-state index contributed by atoms with van der Waals surface area (Å²) in [6.07, 6.45) is 6.47. The Hall–Kier alpha value is -1.84. The first-order valence-electron chi connectivity index (χ1n) is 5.23. The molecule has 0 saturated heterocycles. The number of carbonyl (C=O) groups is 1. The van der Waals surface area contributed by atoms with Crippen LogP contribution in [0.25, 0.3) is 6.08 Å². The third kappa shape index (κ3) is 2.39. The van der Waals surface area contributed by atoms with Crippen LogP contribution in [0.4, 0.5) is 5.82 Å². The molecule has 1 heterocycles. The molecule has 0 aliphatic heterocycles. The van der Waals surface area contributed by atoms with Crippen LogP contribution in [0.15, 0.2) is 18.2 Å². The van der Waals surface area contributed by atoms with Gasteiger partial charge in [0.15, 0.2) is 5.69 Å². The predicted molar refractivity (Wildman–Crippen MR) is 61.7 cm³/mol. The number of nitrogens with two attached hydrogens (primary N) is 1. The van der Waals surface area contributed by atoms with Crippen LogP contribution in [0.3, 0.4) is 0 Å². The SMILES string of the molecule is COC(=O)c1nc(N)ccc1/C=C/C1CC1. The summed E-state index contributed by atoms with van der Waals surface area (Å²) in [5.74, 6) is 0.523. The van der Waals surface area contributed by atoms with Gasteiger partial charge in [-0.2, -0.15) is 0 Å². The van der Waals surface area contributed by atoms with E-state index in [1.54, 1.807) is 12.1 Å².